The van der Waals surface area contributed by atoms with Crippen molar-refractivity contribution in [2.75, 3.05) is 19.6 Å². The molecule has 1 rings (SSSR count). The molecule has 0 aliphatic rings. The number of amides is 2. The summed E-state index contributed by atoms with van der Waals surface area (Å²) in [6.45, 7) is 10.6. The average Bonchev–Trinajstić information content (AvgIpc) is 2.51. The third kappa shape index (κ3) is 8.31. The zero-order chi connectivity index (χ0) is 17.3. The molecule has 0 aliphatic heterocycles. The Hall–Kier alpha value is -1.59. The highest BCUT2D eigenvalue weighted by Crippen LogP contribution is 2.13. The largest absolute Gasteiger partial charge is 0.352 e. The second-order valence-corrected chi connectivity index (χ2v) is 6.64. The van der Waals surface area contributed by atoms with Crippen LogP contribution in [0.2, 0.25) is 0 Å². The summed E-state index contributed by atoms with van der Waals surface area (Å²) in [4.78, 5) is 23.8. The minimum atomic E-state index is -0.397. The second kappa shape index (κ2) is 11.0. The van der Waals surface area contributed by atoms with Crippen molar-refractivity contribution >= 4 is 24.2 Å². The number of carbonyl (C=O) groups excluding carboxylic acids is 2. The Labute approximate surface area is 151 Å². The Kier molecular flexibility index (Phi) is 10.3. The van der Waals surface area contributed by atoms with Gasteiger partial charge in [-0.25, -0.2) is 0 Å². The number of carbonyl (C=O) groups is 2. The van der Waals surface area contributed by atoms with E-state index in [1.807, 2.05) is 32.9 Å². The Morgan fingerprint density at radius 1 is 0.958 bits per heavy atom. The molecule has 0 fully saturated rings. The summed E-state index contributed by atoms with van der Waals surface area (Å²) in [6.07, 6.45) is 1.08. The van der Waals surface area contributed by atoms with Crippen molar-refractivity contribution in [3.8, 4) is 0 Å². The predicted octanol–water partition coefficient (Wildman–Crippen LogP) is 2.50. The van der Waals surface area contributed by atoms with E-state index in [0.29, 0.717) is 18.7 Å². The number of hydrogen-bond acceptors (Lipinski definition) is 3. The van der Waals surface area contributed by atoms with Crippen LogP contribution in [0.4, 0.5) is 0 Å². The topological polar surface area (TPSA) is 70.2 Å². The number of hydrogen-bond donors (Lipinski definition) is 3. The van der Waals surface area contributed by atoms with Crippen molar-refractivity contribution in [1.82, 2.24) is 16.0 Å². The van der Waals surface area contributed by atoms with Crippen LogP contribution in [0, 0.1) is 5.41 Å². The summed E-state index contributed by atoms with van der Waals surface area (Å²) < 4.78 is 0. The standard InChI is InChI=1S/C18H29N3O2.ClH/c1-5-10-19-11-12-20-16(22)15-8-6-14(7-9-15)13-21-17(23)18(2,3)4;/h6-9,19H,5,10-13H2,1-4H3,(H,20,22)(H,21,23);1H. The van der Waals surface area contributed by atoms with Crippen molar-refractivity contribution in [2.24, 2.45) is 5.41 Å². The molecule has 3 N–H and O–H groups in total. The SMILES string of the molecule is CCCNCCNC(=O)c1ccc(CNC(=O)C(C)(C)C)cc1.Cl. The van der Waals surface area contributed by atoms with E-state index in [4.69, 9.17) is 0 Å². The molecule has 0 unspecified atom stereocenters. The molecule has 0 saturated carbocycles. The van der Waals surface area contributed by atoms with Crippen LogP contribution in [0.3, 0.4) is 0 Å². The van der Waals surface area contributed by atoms with Gasteiger partial charge < -0.3 is 16.0 Å². The molecule has 1 aromatic rings. The third-order valence-electron chi connectivity index (χ3n) is 3.36. The Balaban J connectivity index is 0.00000529. The zero-order valence-corrected chi connectivity index (χ0v) is 15.9. The van der Waals surface area contributed by atoms with Gasteiger partial charge in [0.1, 0.15) is 0 Å². The number of benzene rings is 1. The van der Waals surface area contributed by atoms with Crippen LogP contribution in [-0.4, -0.2) is 31.4 Å². The second-order valence-electron chi connectivity index (χ2n) is 6.64. The highest BCUT2D eigenvalue weighted by Gasteiger charge is 2.20. The van der Waals surface area contributed by atoms with Gasteiger partial charge in [-0.2, -0.15) is 0 Å². The van der Waals surface area contributed by atoms with Gasteiger partial charge in [0.25, 0.3) is 5.91 Å². The van der Waals surface area contributed by atoms with E-state index in [1.54, 1.807) is 12.1 Å². The minimum absolute atomic E-state index is 0. The zero-order valence-electron chi connectivity index (χ0n) is 15.1. The lowest BCUT2D eigenvalue weighted by Crippen LogP contribution is -2.34. The molecular weight excluding hydrogens is 326 g/mol. The summed E-state index contributed by atoms with van der Waals surface area (Å²) in [5.74, 6) is -0.0625. The monoisotopic (exact) mass is 355 g/mol. The van der Waals surface area contributed by atoms with Crippen molar-refractivity contribution in [1.29, 1.82) is 0 Å². The van der Waals surface area contributed by atoms with Gasteiger partial charge in [0.2, 0.25) is 5.91 Å². The van der Waals surface area contributed by atoms with Crippen LogP contribution < -0.4 is 16.0 Å². The van der Waals surface area contributed by atoms with E-state index in [2.05, 4.69) is 22.9 Å². The number of nitrogens with one attached hydrogen (secondary N) is 3. The van der Waals surface area contributed by atoms with Gasteiger partial charge in [0.05, 0.1) is 0 Å². The quantitative estimate of drug-likeness (QED) is 0.627. The van der Waals surface area contributed by atoms with Crippen LogP contribution >= 0.6 is 12.4 Å². The summed E-state index contributed by atoms with van der Waals surface area (Å²) in [5, 5.41) is 9.01. The molecule has 0 heterocycles. The first kappa shape index (κ1) is 22.4. The first-order valence-electron chi connectivity index (χ1n) is 8.20. The van der Waals surface area contributed by atoms with Crippen molar-refractivity contribution in [2.45, 2.75) is 40.7 Å². The lowest BCUT2D eigenvalue weighted by atomic mass is 9.95. The van der Waals surface area contributed by atoms with E-state index in [0.717, 1.165) is 25.1 Å². The first-order valence-corrected chi connectivity index (χ1v) is 8.20. The van der Waals surface area contributed by atoms with Crippen molar-refractivity contribution in [3.05, 3.63) is 35.4 Å². The van der Waals surface area contributed by atoms with Crippen molar-refractivity contribution in [3.63, 3.8) is 0 Å². The van der Waals surface area contributed by atoms with Gasteiger partial charge in [-0.15, -0.1) is 12.4 Å². The average molecular weight is 356 g/mol. The van der Waals surface area contributed by atoms with Crippen LogP contribution in [0.5, 0.6) is 0 Å². The van der Waals surface area contributed by atoms with E-state index in [1.165, 1.54) is 0 Å². The maximum Gasteiger partial charge on any atom is 0.251 e. The van der Waals surface area contributed by atoms with Gasteiger partial charge in [0, 0.05) is 30.6 Å². The molecule has 0 aromatic heterocycles. The molecule has 5 nitrogen and oxygen atoms in total. The van der Waals surface area contributed by atoms with E-state index >= 15 is 0 Å². The normalized spacial score (nSPS) is 10.7. The fourth-order valence-electron chi connectivity index (χ4n) is 1.89. The lowest BCUT2D eigenvalue weighted by Gasteiger charge is -2.17. The van der Waals surface area contributed by atoms with Gasteiger partial charge in [0.15, 0.2) is 0 Å². The maximum atomic E-state index is 12.0. The van der Waals surface area contributed by atoms with Crippen LogP contribution in [0.15, 0.2) is 24.3 Å². The summed E-state index contributed by atoms with van der Waals surface area (Å²) in [7, 11) is 0. The molecule has 2 amide bonds. The van der Waals surface area contributed by atoms with Gasteiger partial charge >= 0.3 is 0 Å². The Bertz CT molecular complexity index is 510. The molecule has 0 atom stereocenters. The highest BCUT2D eigenvalue weighted by atomic mass is 35.5. The molecular formula is C18H30ClN3O2. The Morgan fingerprint density at radius 2 is 1.58 bits per heavy atom. The smallest absolute Gasteiger partial charge is 0.251 e. The molecule has 1 aromatic carbocycles. The summed E-state index contributed by atoms with van der Waals surface area (Å²) in [6, 6.07) is 7.31. The maximum absolute atomic E-state index is 12.0. The molecule has 136 valence electrons. The van der Waals surface area contributed by atoms with Crippen LogP contribution in [0.25, 0.3) is 0 Å². The first-order chi connectivity index (χ1) is 10.8. The predicted molar refractivity (Wildman–Crippen MR) is 100 cm³/mol. The van der Waals surface area contributed by atoms with Gasteiger partial charge in [-0.05, 0) is 30.7 Å². The van der Waals surface area contributed by atoms with Gasteiger partial charge in [-0.3, -0.25) is 9.59 Å². The van der Waals surface area contributed by atoms with E-state index < -0.39 is 5.41 Å². The van der Waals surface area contributed by atoms with Crippen LogP contribution in [-0.2, 0) is 11.3 Å². The fraction of sp³-hybridized carbons (Fsp3) is 0.556. The van der Waals surface area contributed by atoms with Gasteiger partial charge in [-0.1, -0.05) is 39.8 Å². The van der Waals surface area contributed by atoms with Crippen LogP contribution in [0.1, 0.15) is 50.0 Å². The molecule has 0 radical (unpaired) electrons. The van der Waals surface area contributed by atoms with Crippen molar-refractivity contribution < 1.29 is 9.59 Å². The summed E-state index contributed by atoms with van der Waals surface area (Å²) >= 11 is 0. The van der Waals surface area contributed by atoms with E-state index in [9.17, 15) is 9.59 Å². The minimum Gasteiger partial charge on any atom is -0.352 e. The Morgan fingerprint density at radius 3 is 2.12 bits per heavy atom. The molecule has 24 heavy (non-hydrogen) atoms. The molecule has 0 aliphatic carbocycles. The molecule has 6 heteroatoms. The molecule has 0 spiro atoms. The number of halogens is 1. The number of rotatable bonds is 8. The third-order valence-corrected chi connectivity index (χ3v) is 3.36. The lowest BCUT2D eigenvalue weighted by molar-refractivity contribution is -0.128. The summed E-state index contributed by atoms with van der Waals surface area (Å²) in [5.41, 5.74) is 1.21. The highest BCUT2D eigenvalue weighted by molar-refractivity contribution is 5.94. The van der Waals surface area contributed by atoms with E-state index in [-0.39, 0.29) is 24.2 Å². The molecule has 0 bridgehead atoms. The molecule has 0 saturated heterocycles. The fourth-order valence-corrected chi connectivity index (χ4v) is 1.89.